The number of aliphatic hydroxyl groups excluding tert-OH is 1. The molecule has 0 unspecified atom stereocenters. The van der Waals surface area contributed by atoms with Gasteiger partial charge in [-0.2, -0.15) is 13.2 Å². The first-order chi connectivity index (χ1) is 7.00. The predicted molar refractivity (Wildman–Crippen MR) is 48.6 cm³/mol. The summed E-state index contributed by atoms with van der Waals surface area (Å²) in [6.45, 7) is -0.162. The van der Waals surface area contributed by atoms with Gasteiger partial charge in [0.05, 0.1) is 6.61 Å². The molecule has 0 saturated carbocycles. The number of hydrogen-bond donors (Lipinski definition) is 1. The molecule has 0 aliphatic heterocycles. The molecule has 1 aromatic carbocycles. The summed E-state index contributed by atoms with van der Waals surface area (Å²) in [5, 5.41) is 8.66. The molecule has 0 aliphatic carbocycles. The van der Waals surface area contributed by atoms with Crippen molar-refractivity contribution in [1.29, 1.82) is 0 Å². The minimum atomic E-state index is -4.57. The Kier molecular flexibility index (Phi) is 3.96. The Morgan fingerprint density at radius 1 is 1.20 bits per heavy atom. The molecule has 5 heteroatoms. The van der Waals surface area contributed by atoms with Gasteiger partial charge in [-0.15, -0.1) is 0 Å². The molecule has 1 atom stereocenters. The van der Waals surface area contributed by atoms with Gasteiger partial charge >= 0.3 is 6.18 Å². The van der Waals surface area contributed by atoms with Crippen LogP contribution < -0.4 is 4.74 Å². The quantitative estimate of drug-likeness (QED) is 0.844. The highest BCUT2D eigenvalue weighted by Crippen LogP contribution is 2.22. The molecule has 1 N–H and O–H groups in total. The second-order valence-electron chi connectivity index (χ2n) is 3.01. The van der Waals surface area contributed by atoms with E-state index in [9.17, 15) is 13.2 Å². The highest BCUT2D eigenvalue weighted by atomic mass is 19.4. The Morgan fingerprint density at radius 3 is 2.33 bits per heavy atom. The van der Waals surface area contributed by atoms with Crippen molar-refractivity contribution in [2.24, 2.45) is 0 Å². The number of alkyl halides is 3. The molecule has 2 nitrogen and oxygen atoms in total. The van der Waals surface area contributed by atoms with Gasteiger partial charge in [0.25, 0.3) is 0 Å². The molecule has 15 heavy (non-hydrogen) atoms. The monoisotopic (exact) mass is 220 g/mol. The summed E-state index contributed by atoms with van der Waals surface area (Å²) in [6, 6.07) is 8.49. The molecule has 1 aromatic rings. The first-order valence-corrected chi connectivity index (χ1v) is 4.43. The maximum atomic E-state index is 11.9. The van der Waals surface area contributed by atoms with Crippen molar-refractivity contribution in [3.05, 3.63) is 30.3 Å². The minimum absolute atomic E-state index is 0.162. The molecular weight excluding hydrogens is 209 g/mol. The molecule has 0 amide bonds. The van der Waals surface area contributed by atoms with Crippen LogP contribution in [0, 0.1) is 0 Å². The molecule has 0 aromatic heterocycles. The summed E-state index contributed by atoms with van der Waals surface area (Å²) in [4.78, 5) is 0. The van der Waals surface area contributed by atoms with E-state index in [1.807, 2.05) is 0 Å². The standard InChI is InChI=1S/C10H11F3O2/c11-10(12,13)9(14)6-7-15-8-4-2-1-3-5-8/h1-5,9,14H,6-7H2/t9-/m1/s1. The molecule has 0 fully saturated rings. The number of hydrogen-bond acceptors (Lipinski definition) is 2. The van der Waals surface area contributed by atoms with Gasteiger partial charge in [-0.1, -0.05) is 18.2 Å². The molecular formula is C10H11F3O2. The van der Waals surface area contributed by atoms with Crippen molar-refractivity contribution in [3.63, 3.8) is 0 Å². The molecule has 0 aliphatic rings. The Bertz CT molecular complexity index is 284. The van der Waals surface area contributed by atoms with Gasteiger partial charge in [-0.3, -0.25) is 0 Å². The van der Waals surface area contributed by atoms with Crippen LogP contribution in [0.3, 0.4) is 0 Å². The van der Waals surface area contributed by atoms with Crippen molar-refractivity contribution in [2.45, 2.75) is 18.7 Å². The molecule has 0 radical (unpaired) electrons. The summed E-state index contributed by atoms with van der Waals surface area (Å²) >= 11 is 0. The van der Waals surface area contributed by atoms with Crippen molar-refractivity contribution in [3.8, 4) is 5.75 Å². The number of rotatable bonds is 4. The fraction of sp³-hybridized carbons (Fsp3) is 0.400. The lowest BCUT2D eigenvalue weighted by Gasteiger charge is -2.14. The highest BCUT2D eigenvalue weighted by molar-refractivity contribution is 5.20. The average molecular weight is 220 g/mol. The smallest absolute Gasteiger partial charge is 0.414 e. The van der Waals surface area contributed by atoms with E-state index in [0.717, 1.165) is 0 Å². The number of ether oxygens (including phenoxy) is 1. The minimum Gasteiger partial charge on any atom is -0.493 e. The number of halogens is 3. The second kappa shape index (κ2) is 5.02. The average Bonchev–Trinajstić information content (AvgIpc) is 2.18. The van der Waals surface area contributed by atoms with Gasteiger partial charge in [0.15, 0.2) is 6.10 Å². The van der Waals surface area contributed by atoms with E-state index in [2.05, 4.69) is 0 Å². The van der Waals surface area contributed by atoms with E-state index in [-0.39, 0.29) is 6.61 Å². The second-order valence-corrected chi connectivity index (χ2v) is 3.01. The van der Waals surface area contributed by atoms with Crippen LogP contribution in [-0.2, 0) is 0 Å². The van der Waals surface area contributed by atoms with Gasteiger partial charge < -0.3 is 9.84 Å². The van der Waals surface area contributed by atoms with Crippen LogP contribution in [0.15, 0.2) is 30.3 Å². The van der Waals surface area contributed by atoms with Gasteiger partial charge in [0.2, 0.25) is 0 Å². The number of benzene rings is 1. The van der Waals surface area contributed by atoms with Crippen molar-refractivity contribution in [2.75, 3.05) is 6.61 Å². The Balaban J connectivity index is 2.28. The molecule has 84 valence electrons. The third kappa shape index (κ3) is 4.20. The first-order valence-electron chi connectivity index (χ1n) is 4.43. The fourth-order valence-corrected chi connectivity index (χ4v) is 0.969. The fourth-order valence-electron chi connectivity index (χ4n) is 0.969. The molecule has 0 spiro atoms. The molecule has 1 rings (SSSR count). The van der Waals surface area contributed by atoms with E-state index in [1.165, 1.54) is 0 Å². The predicted octanol–water partition coefficient (Wildman–Crippen LogP) is 2.38. The lowest BCUT2D eigenvalue weighted by atomic mass is 10.2. The van der Waals surface area contributed by atoms with Crippen molar-refractivity contribution < 1.29 is 23.0 Å². The Labute approximate surface area is 85.3 Å². The normalized spacial score (nSPS) is 13.6. The first kappa shape index (κ1) is 11.8. The molecule has 0 saturated heterocycles. The van der Waals surface area contributed by atoms with Gasteiger partial charge in [-0.25, -0.2) is 0 Å². The number of para-hydroxylation sites is 1. The van der Waals surface area contributed by atoms with E-state index in [1.54, 1.807) is 30.3 Å². The van der Waals surface area contributed by atoms with E-state index < -0.39 is 18.7 Å². The van der Waals surface area contributed by atoms with Crippen LogP contribution in [0.25, 0.3) is 0 Å². The van der Waals surface area contributed by atoms with Crippen LogP contribution in [-0.4, -0.2) is 24.0 Å². The van der Waals surface area contributed by atoms with Crippen molar-refractivity contribution >= 4 is 0 Å². The van der Waals surface area contributed by atoms with E-state index >= 15 is 0 Å². The van der Waals surface area contributed by atoms with Crippen LogP contribution in [0.2, 0.25) is 0 Å². The zero-order valence-electron chi connectivity index (χ0n) is 7.87. The van der Waals surface area contributed by atoms with Crippen LogP contribution in [0.1, 0.15) is 6.42 Å². The molecule has 0 heterocycles. The number of aliphatic hydroxyl groups is 1. The summed E-state index contributed by atoms with van der Waals surface area (Å²) in [7, 11) is 0. The summed E-state index contributed by atoms with van der Waals surface area (Å²) < 4.78 is 40.6. The van der Waals surface area contributed by atoms with E-state index in [0.29, 0.717) is 5.75 Å². The van der Waals surface area contributed by atoms with Crippen molar-refractivity contribution in [1.82, 2.24) is 0 Å². The lowest BCUT2D eigenvalue weighted by molar-refractivity contribution is -0.206. The van der Waals surface area contributed by atoms with Crippen LogP contribution >= 0.6 is 0 Å². The van der Waals surface area contributed by atoms with Gasteiger partial charge in [0, 0.05) is 6.42 Å². The Morgan fingerprint density at radius 2 is 1.80 bits per heavy atom. The maximum absolute atomic E-state index is 11.9. The van der Waals surface area contributed by atoms with Crippen LogP contribution in [0.4, 0.5) is 13.2 Å². The third-order valence-electron chi connectivity index (χ3n) is 1.78. The lowest BCUT2D eigenvalue weighted by Crippen LogP contribution is -2.30. The third-order valence-corrected chi connectivity index (χ3v) is 1.78. The zero-order chi connectivity index (χ0) is 11.3. The Hall–Kier alpha value is -1.23. The molecule has 0 bridgehead atoms. The van der Waals surface area contributed by atoms with Crippen LogP contribution in [0.5, 0.6) is 5.75 Å². The SMILES string of the molecule is O[C@H](CCOc1ccccc1)C(F)(F)F. The summed E-state index contributed by atoms with van der Waals surface area (Å²) in [5.74, 6) is 0.492. The van der Waals surface area contributed by atoms with Gasteiger partial charge in [-0.05, 0) is 12.1 Å². The summed E-state index contributed by atoms with van der Waals surface area (Å²) in [6.07, 6.45) is -7.35. The summed E-state index contributed by atoms with van der Waals surface area (Å²) in [5.41, 5.74) is 0. The maximum Gasteiger partial charge on any atom is 0.414 e. The zero-order valence-corrected chi connectivity index (χ0v) is 7.87. The van der Waals surface area contributed by atoms with Gasteiger partial charge in [0.1, 0.15) is 5.75 Å². The topological polar surface area (TPSA) is 29.5 Å². The largest absolute Gasteiger partial charge is 0.493 e. The van der Waals surface area contributed by atoms with E-state index in [4.69, 9.17) is 9.84 Å². The highest BCUT2D eigenvalue weighted by Gasteiger charge is 2.37.